The maximum absolute atomic E-state index is 11.6. The molecule has 0 saturated heterocycles. The fraction of sp³-hybridized carbons (Fsp3) is 0.231. The summed E-state index contributed by atoms with van der Waals surface area (Å²) in [4.78, 5) is 11.6. The number of aryl methyl sites for hydroxylation is 1. The largest absolute Gasteiger partial charge is 0.375 e. The van der Waals surface area contributed by atoms with Crippen LogP contribution >= 0.6 is 0 Å². The molecule has 0 aliphatic rings. The van der Waals surface area contributed by atoms with Gasteiger partial charge in [0.25, 0.3) is 0 Å². The van der Waals surface area contributed by atoms with Gasteiger partial charge in [0.05, 0.1) is 17.1 Å². The smallest absolute Gasteiger partial charge is 0.250 e. The lowest BCUT2D eigenvalue weighted by molar-refractivity contribution is -0.119. The fourth-order valence-corrected chi connectivity index (χ4v) is 1.71. The Morgan fingerprint density at radius 2 is 2.11 bits per heavy atom. The van der Waals surface area contributed by atoms with E-state index < -0.39 is 0 Å². The zero-order valence-electron chi connectivity index (χ0n) is 10.4. The van der Waals surface area contributed by atoms with Crippen molar-refractivity contribution in [3.8, 4) is 11.3 Å². The molecule has 1 heterocycles. The number of nitrogens with zero attached hydrogens (tertiary/aromatic N) is 1. The number of methoxy groups -OCH3 is 1. The number of H-pyrrole nitrogens is 1. The Labute approximate surface area is 105 Å². The third-order valence-corrected chi connectivity index (χ3v) is 2.55. The molecule has 2 rings (SSSR count). The molecule has 0 unspecified atom stereocenters. The van der Waals surface area contributed by atoms with Crippen molar-refractivity contribution in [2.75, 3.05) is 19.0 Å². The highest BCUT2D eigenvalue weighted by Crippen LogP contribution is 2.27. The van der Waals surface area contributed by atoms with Gasteiger partial charge in [-0.3, -0.25) is 9.89 Å². The molecule has 0 fully saturated rings. The number of rotatable bonds is 4. The van der Waals surface area contributed by atoms with Gasteiger partial charge in [-0.2, -0.15) is 5.10 Å². The van der Waals surface area contributed by atoms with Crippen molar-refractivity contribution in [2.24, 2.45) is 0 Å². The molecule has 0 atom stereocenters. The van der Waals surface area contributed by atoms with E-state index in [1.54, 1.807) is 0 Å². The Morgan fingerprint density at radius 1 is 1.39 bits per heavy atom. The van der Waals surface area contributed by atoms with Crippen LogP contribution in [0.4, 0.5) is 5.69 Å². The highest BCUT2D eigenvalue weighted by atomic mass is 16.5. The van der Waals surface area contributed by atoms with Gasteiger partial charge in [-0.05, 0) is 6.92 Å². The molecule has 2 aromatic rings. The Balaban J connectivity index is 2.30. The molecule has 0 aliphatic heterocycles. The van der Waals surface area contributed by atoms with Crippen LogP contribution in [0.5, 0.6) is 0 Å². The van der Waals surface area contributed by atoms with E-state index >= 15 is 0 Å². The molecule has 0 aliphatic carbocycles. The number of anilines is 1. The Bertz CT molecular complexity index is 534. The van der Waals surface area contributed by atoms with Crippen molar-refractivity contribution in [3.05, 3.63) is 36.0 Å². The topological polar surface area (TPSA) is 67.0 Å². The molecule has 1 amide bonds. The van der Waals surface area contributed by atoms with Crippen molar-refractivity contribution >= 4 is 11.6 Å². The molecule has 0 spiro atoms. The van der Waals surface area contributed by atoms with E-state index in [4.69, 9.17) is 4.74 Å². The van der Waals surface area contributed by atoms with E-state index in [1.165, 1.54) is 7.11 Å². The third-order valence-electron chi connectivity index (χ3n) is 2.55. The summed E-state index contributed by atoms with van der Waals surface area (Å²) in [6, 6.07) is 9.73. The van der Waals surface area contributed by atoms with Crippen molar-refractivity contribution < 1.29 is 9.53 Å². The number of nitrogens with one attached hydrogen (secondary N) is 2. The number of ether oxygens (including phenoxy) is 1. The summed E-state index contributed by atoms with van der Waals surface area (Å²) in [5, 5.41) is 9.86. The van der Waals surface area contributed by atoms with Gasteiger partial charge in [0, 0.05) is 12.7 Å². The van der Waals surface area contributed by atoms with Gasteiger partial charge in [-0.1, -0.05) is 30.3 Å². The summed E-state index contributed by atoms with van der Waals surface area (Å²) in [5.41, 5.74) is 3.23. The number of carbonyl (C=O) groups excluding carboxylic acids is 1. The maximum Gasteiger partial charge on any atom is 0.250 e. The van der Waals surface area contributed by atoms with Crippen molar-refractivity contribution in [1.29, 1.82) is 0 Å². The van der Waals surface area contributed by atoms with Crippen LogP contribution in [0.25, 0.3) is 11.3 Å². The zero-order chi connectivity index (χ0) is 13.0. The van der Waals surface area contributed by atoms with Gasteiger partial charge in [0.1, 0.15) is 6.61 Å². The summed E-state index contributed by atoms with van der Waals surface area (Å²) in [6.07, 6.45) is 0. The minimum absolute atomic E-state index is 0.0266. The fourth-order valence-electron chi connectivity index (χ4n) is 1.71. The number of carbonyl (C=O) groups is 1. The summed E-state index contributed by atoms with van der Waals surface area (Å²) < 4.78 is 4.80. The molecule has 1 aromatic carbocycles. The molecule has 94 valence electrons. The first-order valence-electron chi connectivity index (χ1n) is 5.61. The third kappa shape index (κ3) is 2.57. The first kappa shape index (κ1) is 12.3. The summed E-state index contributed by atoms with van der Waals surface area (Å²) in [5.74, 6) is -0.195. The zero-order valence-corrected chi connectivity index (χ0v) is 10.4. The van der Waals surface area contributed by atoms with Crippen LogP contribution in [0.15, 0.2) is 30.3 Å². The van der Waals surface area contributed by atoms with Crippen LogP contribution < -0.4 is 5.32 Å². The lowest BCUT2D eigenvalue weighted by Crippen LogP contribution is -2.17. The second kappa shape index (κ2) is 5.46. The van der Waals surface area contributed by atoms with Crippen LogP contribution in [0.2, 0.25) is 0 Å². The van der Waals surface area contributed by atoms with Crippen molar-refractivity contribution in [3.63, 3.8) is 0 Å². The maximum atomic E-state index is 11.6. The van der Waals surface area contributed by atoms with E-state index in [9.17, 15) is 4.79 Å². The summed E-state index contributed by atoms with van der Waals surface area (Å²) in [6.45, 7) is 1.87. The molecule has 0 bridgehead atoms. The average molecular weight is 245 g/mol. The second-order valence-corrected chi connectivity index (χ2v) is 3.91. The predicted octanol–water partition coefficient (Wildman–Crippen LogP) is 1.97. The molecule has 0 saturated carbocycles. The van der Waals surface area contributed by atoms with Crippen molar-refractivity contribution in [1.82, 2.24) is 10.2 Å². The standard InChI is InChI=1S/C13H15N3O2/c1-9-12(14-11(17)8-18-2)13(16-15-9)10-6-4-3-5-7-10/h3-7H,8H2,1-2H3,(H,14,17)(H,15,16). The van der Waals surface area contributed by atoms with Crippen LogP contribution in [0.3, 0.4) is 0 Å². The van der Waals surface area contributed by atoms with Gasteiger partial charge in [0.2, 0.25) is 5.91 Å². The van der Waals surface area contributed by atoms with E-state index in [-0.39, 0.29) is 12.5 Å². The van der Waals surface area contributed by atoms with E-state index in [0.717, 1.165) is 17.0 Å². The number of amides is 1. The van der Waals surface area contributed by atoms with Gasteiger partial charge in [0.15, 0.2) is 0 Å². The minimum atomic E-state index is -0.195. The van der Waals surface area contributed by atoms with Gasteiger partial charge >= 0.3 is 0 Å². The molecule has 1 aromatic heterocycles. The van der Waals surface area contributed by atoms with E-state index in [0.29, 0.717) is 5.69 Å². The number of aromatic nitrogens is 2. The number of hydrogen-bond acceptors (Lipinski definition) is 3. The first-order valence-corrected chi connectivity index (χ1v) is 5.61. The molecule has 0 radical (unpaired) electrons. The first-order chi connectivity index (χ1) is 8.72. The Kier molecular flexibility index (Phi) is 3.74. The molecule has 5 heteroatoms. The van der Waals surface area contributed by atoms with E-state index in [2.05, 4.69) is 15.5 Å². The second-order valence-electron chi connectivity index (χ2n) is 3.91. The highest BCUT2D eigenvalue weighted by molar-refractivity contribution is 5.96. The Hall–Kier alpha value is -2.14. The quantitative estimate of drug-likeness (QED) is 0.865. The molecule has 2 N–H and O–H groups in total. The van der Waals surface area contributed by atoms with Crippen LogP contribution in [0.1, 0.15) is 5.69 Å². The van der Waals surface area contributed by atoms with Gasteiger partial charge < -0.3 is 10.1 Å². The lowest BCUT2D eigenvalue weighted by Gasteiger charge is -2.06. The normalized spacial score (nSPS) is 10.3. The number of aromatic amines is 1. The average Bonchev–Trinajstić information content (AvgIpc) is 2.73. The predicted molar refractivity (Wildman–Crippen MR) is 69.3 cm³/mol. The van der Waals surface area contributed by atoms with E-state index in [1.807, 2.05) is 37.3 Å². The molecule has 18 heavy (non-hydrogen) atoms. The molecular formula is C13H15N3O2. The minimum Gasteiger partial charge on any atom is -0.375 e. The van der Waals surface area contributed by atoms with Gasteiger partial charge in [-0.25, -0.2) is 0 Å². The molecule has 5 nitrogen and oxygen atoms in total. The monoisotopic (exact) mass is 245 g/mol. The van der Waals surface area contributed by atoms with Crippen LogP contribution in [-0.4, -0.2) is 29.8 Å². The molecular weight excluding hydrogens is 230 g/mol. The van der Waals surface area contributed by atoms with Crippen molar-refractivity contribution in [2.45, 2.75) is 6.92 Å². The highest BCUT2D eigenvalue weighted by Gasteiger charge is 2.14. The number of hydrogen-bond donors (Lipinski definition) is 2. The number of benzene rings is 1. The van der Waals surface area contributed by atoms with Crippen LogP contribution in [0, 0.1) is 6.92 Å². The summed E-state index contributed by atoms with van der Waals surface area (Å²) in [7, 11) is 1.49. The SMILES string of the molecule is COCC(=O)Nc1c(C)n[nH]c1-c1ccccc1. The Morgan fingerprint density at radius 3 is 2.78 bits per heavy atom. The lowest BCUT2D eigenvalue weighted by atomic mass is 10.1. The summed E-state index contributed by atoms with van der Waals surface area (Å²) >= 11 is 0. The van der Waals surface area contributed by atoms with Crippen LogP contribution in [-0.2, 0) is 9.53 Å². The van der Waals surface area contributed by atoms with Gasteiger partial charge in [-0.15, -0.1) is 0 Å².